The Kier molecular flexibility index (Phi) is 5.28. The smallest absolute Gasteiger partial charge is 0.407 e. The second-order valence-electron chi connectivity index (χ2n) is 9.84. The van der Waals surface area contributed by atoms with Crippen LogP contribution in [-0.4, -0.2) is 44.2 Å². The molecule has 3 aromatic heterocycles. The summed E-state index contributed by atoms with van der Waals surface area (Å²) in [6.07, 6.45) is 3.63. The van der Waals surface area contributed by atoms with Crippen LogP contribution in [0.4, 0.5) is 4.79 Å². The van der Waals surface area contributed by atoms with Crippen molar-refractivity contribution in [3.63, 3.8) is 0 Å². The Morgan fingerprint density at radius 1 is 1.14 bits per heavy atom. The molecular weight excluding hydrogens is 470 g/mol. The number of nitrogens with zero attached hydrogens (tertiary/aromatic N) is 4. The highest BCUT2D eigenvalue weighted by Crippen LogP contribution is 2.36. The number of pyridine rings is 1. The van der Waals surface area contributed by atoms with Crippen molar-refractivity contribution in [1.29, 1.82) is 0 Å². The van der Waals surface area contributed by atoms with Crippen LogP contribution >= 0.6 is 0 Å². The molecule has 1 fully saturated rings. The van der Waals surface area contributed by atoms with E-state index in [2.05, 4.69) is 10.3 Å². The average Bonchev–Trinajstić information content (AvgIpc) is 3.30. The van der Waals surface area contributed by atoms with Crippen molar-refractivity contribution in [3.05, 3.63) is 59.3 Å². The molecule has 184 valence electrons. The lowest BCUT2D eigenvalue weighted by Crippen LogP contribution is -2.48. The molecule has 1 aliphatic rings. The molecule has 11 heteroatoms. The van der Waals surface area contributed by atoms with Crippen LogP contribution < -0.4 is 11.0 Å². The zero-order valence-electron chi connectivity index (χ0n) is 19.9. The van der Waals surface area contributed by atoms with E-state index in [4.69, 9.17) is 4.74 Å². The molecule has 35 heavy (non-hydrogen) atoms. The zero-order valence-corrected chi connectivity index (χ0v) is 20.7. The first-order valence-corrected chi connectivity index (χ1v) is 12.8. The minimum atomic E-state index is -3.86. The highest BCUT2D eigenvalue weighted by atomic mass is 32.2. The van der Waals surface area contributed by atoms with Gasteiger partial charge in [-0.2, -0.15) is 0 Å². The van der Waals surface area contributed by atoms with Crippen LogP contribution in [0.5, 0.6) is 0 Å². The summed E-state index contributed by atoms with van der Waals surface area (Å²) in [5.41, 5.74) is 0.689. The normalized spacial score (nSPS) is 18.5. The first kappa shape index (κ1) is 23.2. The van der Waals surface area contributed by atoms with Gasteiger partial charge >= 0.3 is 11.8 Å². The van der Waals surface area contributed by atoms with Gasteiger partial charge in [0.2, 0.25) is 0 Å². The highest BCUT2D eigenvalue weighted by Gasteiger charge is 2.36. The lowest BCUT2D eigenvalue weighted by molar-refractivity contribution is 0.0456. The van der Waals surface area contributed by atoms with Gasteiger partial charge in [-0.05, 0) is 51.8 Å². The van der Waals surface area contributed by atoms with E-state index in [1.54, 1.807) is 56.7 Å². The van der Waals surface area contributed by atoms with Crippen molar-refractivity contribution < 1.29 is 17.9 Å². The third-order valence-corrected chi connectivity index (χ3v) is 7.91. The van der Waals surface area contributed by atoms with Crippen molar-refractivity contribution in [3.8, 4) is 0 Å². The second kappa shape index (κ2) is 7.98. The first-order valence-electron chi connectivity index (χ1n) is 11.3. The van der Waals surface area contributed by atoms with E-state index >= 15 is 0 Å². The van der Waals surface area contributed by atoms with E-state index in [0.717, 1.165) is 3.97 Å². The monoisotopic (exact) mass is 497 g/mol. The highest BCUT2D eigenvalue weighted by molar-refractivity contribution is 7.90. The number of imidazole rings is 1. The van der Waals surface area contributed by atoms with Gasteiger partial charge in [0.05, 0.1) is 22.1 Å². The summed E-state index contributed by atoms with van der Waals surface area (Å²) in [6, 6.07) is 9.56. The van der Waals surface area contributed by atoms with Crippen molar-refractivity contribution >= 4 is 38.2 Å². The van der Waals surface area contributed by atoms with Gasteiger partial charge in [-0.25, -0.2) is 27.0 Å². The Morgan fingerprint density at radius 2 is 1.83 bits per heavy atom. The largest absolute Gasteiger partial charge is 0.444 e. The number of nitrogens with one attached hydrogen (secondary N) is 1. The fourth-order valence-corrected chi connectivity index (χ4v) is 5.85. The fraction of sp³-hybridized carbons (Fsp3) is 0.375. The number of hydrogen-bond acceptors (Lipinski definition) is 6. The van der Waals surface area contributed by atoms with Crippen LogP contribution in [0.1, 0.15) is 39.7 Å². The summed E-state index contributed by atoms with van der Waals surface area (Å²) < 4.78 is 36.2. The number of aromatic nitrogens is 4. The quantitative estimate of drug-likeness (QED) is 0.463. The SMILES string of the molecule is Cn1c(=O)n(C2CC(NC(=O)OC(C)(C)C)C2)c2c3ccn(S(=O)(=O)c4ccccc4)c3ncc21. The second-order valence-corrected chi connectivity index (χ2v) is 11.7. The van der Waals surface area contributed by atoms with Crippen LogP contribution in [0.25, 0.3) is 22.1 Å². The van der Waals surface area contributed by atoms with Crippen LogP contribution in [0.3, 0.4) is 0 Å². The van der Waals surface area contributed by atoms with Gasteiger partial charge in [0.25, 0.3) is 10.0 Å². The van der Waals surface area contributed by atoms with E-state index in [0.29, 0.717) is 29.3 Å². The molecule has 1 N–H and O–H groups in total. The maximum absolute atomic E-state index is 13.2. The Morgan fingerprint density at radius 3 is 2.49 bits per heavy atom. The molecule has 3 heterocycles. The van der Waals surface area contributed by atoms with Crippen LogP contribution in [0, 0.1) is 0 Å². The fourth-order valence-electron chi connectivity index (χ4n) is 4.53. The van der Waals surface area contributed by atoms with Gasteiger partial charge < -0.3 is 10.1 Å². The Labute approximate surface area is 202 Å². The standard InChI is InChI=1S/C24H27N5O5S/c1-24(2,3)34-22(30)26-15-12-16(13-15)29-20-18-10-11-28(35(32,33)17-8-6-5-7-9-17)21(18)25-14-19(20)27(4)23(29)31/h5-11,14-16H,12-13H2,1-4H3,(H,26,30). The van der Waals surface area contributed by atoms with E-state index < -0.39 is 21.7 Å². The minimum absolute atomic E-state index is 0.114. The van der Waals surface area contributed by atoms with E-state index in [1.807, 2.05) is 0 Å². The van der Waals surface area contributed by atoms with Crippen LogP contribution in [0.2, 0.25) is 0 Å². The molecule has 1 aliphatic carbocycles. The molecule has 0 aliphatic heterocycles. The lowest BCUT2D eigenvalue weighted by Gasteiger charge is -2.36. The summed E-state index contributed by atoms with van der Waals surface area (Å²) in [4.78, 5) is 29.8. The minimum Gasteiger partial charge on any atom is -0.444 e. The molecular formula is C24H27N5O5S. The number of amides is 1. The summed E-state index contributed by atoms with van der Waals surface area (Å²) >= 11 is 0. The molecule has 0 saturated heterocycles. The Balaban J connectivity index is 1.52. The molecule has 1 amide bonds. The topological polar surface area (TPSA) is 117 Å². The van der Waals surface area contributed by atoms with Gasteiger partial charge in [-0.15, -0.1) is 0 Å². The zero-order chi connectivity index (χ0) is 25.1. The molecule has 0 unspecified atom stereocenters. The summed E-state index contributed by atoms with van der Waals surface area (Å²) in [5.74, 6) is 0. The van der Waals surface area contributed by atoms with Gasteiger partial charge in [-0.3, -0.25) is 9.13 Å². The van der Waals surface area contributed by atoms with E-state index in [-0.39, 0.29) is 28.3 Å². The van der Waals surface area contributed by atoms with Gasteiger partial charge in [-0.1, -0.05) is 18.2 Å². The maximum atomic E-state index is 13.2. The predicted octanol–water partition coefficient (Wildman–Crippen LogP) is 3.15. The Hall–Kier alpha value is -3.60. The number of rotatable bonds is 4. The number of ether oxygens (including phenoxy) is 1. The van der Waals surface area contributed by atoms with Gasteiger partial charge in [0.1, 0.15) is 5.60 Å². The van der Waals surface area contributed by atoms with E-state index in [9.17, 15) is 18.0 Å². The van der Waals surface area contributed by atoms with Crippen molar-refractivity contribution in [2.45, 2.75) is 56.2 Å². The van der Waals surface area contributed by atoms with Gasteiger partial charge in [0.15, 0.2) is 5.65 Å². The molecule has 1 aromatic carbocycles. The molecule has 4 aromatic rings. The average molecular weight is 498 g/mol. The summed E-state index contributed by atoms with van der Waals surface area (Å²) in [5, 5.41) is 3.42. The number of hydrogen-bond donors (Lipinski definition) is 1. The van der Waals surface area contributed by atoms with Crippen LogP contribution in [-0.2, 0) is 21.8 Å². The molecule has 0 spiro atoms. The van der Waals surface area contributed by atoms with Crippen molar-refractivity contribution in [2.24, 2.45) is 7.05 Å². The molecule has 0 atom stereocenters. The summed E-state index contributed by atoms with van der Waals surface area (Å²) in [7, 11) is -2.19. The van der Waals surface area contributed by atoms with Crippen molar-refractivity contribution in [2.75, 3.05) is 0 Å². The third-order valence-electron chi connectivity index (χ3n) is 6.23. The van der Waals surface area contributed by atoms with E-state index in [1.165, 1.54) is 29.1 Å². The molecule has 5 rings (SSSR count). The Bertz CT molecular complexity index is 1600. The molecule has 0 radical (unpaired) electrons. The number of benzene rings is 1. The molecule has 0 bridgehead atoms. The number of carbonyl (C=O) groups excluding carboxylic acids is 1. The van der Waals surface area contributed by atoms with Crippen molar-refractivity contribution in [1.82, 2.24) is 23.4 Å². The molecule has 1 saturated carbocycles. The predicted molar refractivity (Wildman–Crippen MR) is 131 cm³/mol. The lowest BCUT2D eigenvalue weighted by atomic mass is 9.86. The number of carbonyl (C=O) groups is 1. The number of fused-ring (bicyclic) bond motifs is 3. The number of aryl methyl sites for hydroxylation is 1. The molecule has 10 nitrogen and oxygen atoms in total. The van der Waals surface area contributed by atoms with Gasteiger partial charge in [0, 0.05) is 30.7 Å². The third kappa shape index (κ3) is 3.89. The first-order chi connectivity index (χ1) is 16.5. The maximum Gasteiger partial charge on any atom is 0.407 e. The summed E-state index contributed by atoms with van der Waals surface area (Å²) in [6.45, 7) is 5.40. The van der Waals surface area contributed by atoms with Crippen LogP contribution in [0.15, 0.2) is 58.5 Å². The number of alkyl carbamates (subject to hydrolysis) is 1.